The number of carbonyl (C=O) groups is 3. The summed E-state index contributed by atoms with van der Waals surface area (Å²) in [6.45, 7) is 2.75. The van der Waals surface area contributed by atoms with Gasteiger partial charge in [-0.15, -0.1) is 0 Å². The average Bonchev–Trinajstić information content (AvgIpc) is 3.26. The van der Waals surface area contributed by atoms with Crippen LogP contribution < -0.4 is 5.32 Å². The van der Waals surface area contributed by atoms with Crippen LogP contribution in [-0.4, -0.2) is 45.7 Å². The molecule has 1 aliphatic heterocycles. The van der Waals surface area contributed by atoms with Crippen molar-refractivity contribution in [3.05, 3.63) is 66.0 Å². The number of H-pyrrole nitrogens is 1. The van der Waals surface area contributed by atoms with E-state index >= 15 is 0 Å². The lowest BCUT2D eigenvalue weighted by molar-refractivity contribution is -0.144. The molecule has 0 saturated carbocycles. The normalized spacial score (nSPS) is 13.5. The number of hydrogen-bond acceptors (Lipinski definition) is 5. The van der Waals surface area contributed by atoms with Gasteiger partial charge in [0.15, 0.2) is 0 Å². The van der Waals surface area contributed by atoms with Crippen LogP contribution in [0.5, 0.6) is 0 Å². The summed E-state index contributed by atoms with van der Waals surface area (Å²) >= 11 is 0. The maximum Gasteiger partial charge on any atom is 0.412 e. The van der Waals surface area contributed by atoms with Gasteiger partial charge in [-0.3, -0.25) is 14.9 Å². The summed E-state index contributed by atoms with van der Waals surface area (Å²) in [6.07, 6.45) is 5.68. The lowest BCUT2D eigenvalue weighted by Gasteiger charge is -2.25. The minimum Gasteiger partial charge on any atom is -0.444 e. The van der Waals surface area contributed by atoms with Crippen molar-refractivity contribution >= 4 is 40.1 Å². The highest BCUT2D eigenvalue weighted by Gasteiger charge is 2.23. The standard InChI is InChI=1S/C24H24N4O4/c1-2-21(29)23(30)28-10-8-17(9-11-28)20-14-26-22-19(20)12-18(13-25-22)27-24(31)32-15-16-6-4-3-5-7-16/h3-8,12-14H,2,9-11,15H2,1H3,(H,25,26)(H,27,31). The molecule has 164 valence electrons. The van der Waals surface area contributed by atoms with Gasteiger partial charge >= 0.3 is 6.09 Å². The Kier molecular flexibility index (Phi) is 6.30. The van der Waals surface area contributed by atoms with E-state index in [0.717, 1.165) is 22.1 Å². The topological polar surface area (TPSA) is 104 Å². The number of Topliss-reactive ketones (excluding diaryl/α,β-unsaturated/α-hetero) is 1. The van der Waals surface area contributed by atoms with E-state index in [-0.39, 0.29) is 18.8 Å². The van der Waals surface area contributed by atoms with E-state index in [1.807, 2.05) is 48.7 Å². The molecule has 0 bridgehead atoms. The van der Waals surface area contributed by atoms with E-state index < -0.39 is 12.0 Å². The lowest BCUT2D eigenvalue weighted by atomic mass is 9.99. The number of amides is 2. The Morgan fingerprint density at radius 1 is 1.22 bits per heavy atom. The number of fused-ring (bicyclic) bond motifs is 1. The zero-order valence-electron chi connectivity index (χ0n) is 17.8. The molecular formula is C24H24N4O4. The van der Waals surface area contributed by atoms with Crippen molar-refractivity contribution in [1.82, 2.24) is 14.9 Å². The van der Waals surface area contributed by atoms with Crippen molar-refractivity contribution in [2.75, 3.05) is 18.4 Å². The first kappa shape index (κ1) is 21.3. The van der Waals surface area contributed by atoms with Crippen LogP contribution in [0.15, 0.2) is 54.9 Å². The molecule has 3 aromatic rings. The van der Waals surface area contributed by atoms with Crippen molar-refractivity contribution in [2.24, 2.45) is 0 Å². The van der Waals surface area contributed by atoms with E-state index in [4.69, 9.17) is 4.74 Å². The Balaban J connectivity index is 1.45. The van der Waals surface area contributed by atoms with Crippen LogP contribution in [0.25, 0.3) is 16.6 Å². The number of hydrogen-bond donors (Lipinski definition) is 2. The number of pyridine rings is 1. The van der Waals surface area contributed by atoms with Crippen LogP contribution in [0.1, 0.15) is 30.9 Å². The van der Waals surface area contributed by atoms with Crippen LogP contribution in [0.4, 0.5) is 10.5 Å². The number of carbonyl (C=O) groups excluding carboxylic acids is 3. The molecule has 4 rings (SSSR count). The maximum atomic E-state index is 12.2. The number of nitrogens with zero attached hydrogens (tertiary/aromatic N) is 2. The minimum atomic E-state index is -0.557. The second kappa shape index (κ2) is 9.47. The number of ether oxygens (including phenoxy) is 1. The first-order valence-corrected chi connectivity index (χ1v) is 10.5. The largest absolute Gasteiger partial charge is 0.444 e. The number of anilines is 1. The summed E-state index contributed by atoms with van der Waals surface area (Å²) in [7, 11) is 0. The molecule has 2 aromatic heterocycles. The molecule has 0 unspecified atom stereocenters. The summed E-state index contributed by atoms with van der Waals surface area (Å²) < 4.78 is 5.27. The summed E-state index contributed by atoms with van der Waals surface area (Å²) in [5.41, 5.74) is 4.15. The van der Waals surface area contributed by atoms with E-state index in [0.29, 0.717) is 30.8 Å². The highest BCUT2D eigenvalue weighted by atomic mass is 16.5. The Hall–Kier alpha value is -3.94. The van der Waals surface area contributed by atoms with Gasteiger partial charge in [0, 0.05) is 36.7 Å². The lowest BCUT2D eigenvalue weighted by Crippen LogP contribution is -2.39. The molecule has 1 aliphatic rings. The predicted octanol–water partition coefficient (Wildman–Crippen LogP) is 3.91. The van der Waals surface area contributed by atoms with E-state index in [1.165, 1.54) is 0 Å². The van der Waals surface area contributed by atoms with Gasteiger partial charge in [0.05, 0.1) is 11.9 Å². The molecule has 0 fully saturated rings. The molecule has 3 heterocycles. The zero-order chi connectivity index (χ0) is 22.5. The van der Waals surface area contributed by atoms with E-state index in [1.54, 1.807) is 18.0 Å². The van der Waals surface area contributed by atoms with Gasteiger partial charge in [0.25, 0.3) is 5.91 Å². The molecule has 0 saturated heterocycles. The summed E-state index contributed by atoms with van der Waals surface area (Å²) in [6, 6.07) is 11.3. The predicted molar refractivity (Wildman–Crippen MR) is 121 cm³/mol. The van der Waals surface area contributed by atoms with Crippen molar-refractivity contribution in [1.29, 1.82) is 0 Å². The van der Waals surface area contributed by atoms with Gasteiger partial charge in [-0.05, 0) is 23.6 Å². The Morgan fingerprint density at radius 3 is 2.75 bits per heavy atom. The molecule has 8 nitrogen and oxygen atoms in total. The molecule has 2 amide bonds. The number of ketones is 1. The molecule has 0 radical (unpaired) electrons. The van der Waals surface area contributed by atoms with Gasteiger partial charge in [0.1, 0.15) is 12.3 Å². The maximum absolute atomic E-state index is 12.2. The minimum absolute atomic E-state index is 0.181. The van der Waals surface area contributed by atoms with Gasteiger partial charge < -0.3 is 14.6 Å². The smallest absolute Gasteiger partial charge is 0.412 e. The van der Waals surface area contributed by atoms with Gasteiger partial charge in [-0.2, -0.15) is 0 Å². The SMILES string of the molecule is CCC(=O)C(=O)N1CC=C(c2c[nH]c3ncc(NC(=O)OCc4ccccc4)cc23)CC1. The zero-order valence-corrected chi connectivity index (χ0v) is 17.8. The van der Waals surface area contributed by atoms with Crippen LogP contribution in [0, 0.1) is 0 Å². The number of aromatic amines is 1. The van der Waals surface area contributed by atoms with Crippen molar-refractivity contribution in [3.8, 4) is 0 Å². The molecule has 1 aromatic carbocycles. The third-order valence-electron chi connectivity index (χ3n) is 5.39. The monoisotopic (exact) mass is 432 g/mol. The quantitative estimate of drug-likeness (QED) is 0.575. The fourth-order valence-electron chi connectivity index (χ4n) is 3.64. The summed E-state index contributed by atoms with van der Waals surface area (Å²) in [5, 5.41) is 3.58. The van der Waals surface area contributed by atoms with Gasteiger partial charge in [-0.1, -0.05) is 43.3 Å². The first-order valence-electron chi connectivity index (χ1n) is 10.5. The Bertz CT molecular complexity index is 1180. The summed E-state index contributed by atoms with van der Waals surface area (Å²) in [4.78, 5) is 45.1. The fourth-order valence-corrected chi connectivity index (χ4v) is 3.64. The molecule has 0 spiro atoms. The van der Waals surface area contributed by atoms with E-state index in [9.17, 15) is 14.4 Å². The third-order valence-corrected chi connectivity index (χ3v) is 5.39. The summed E-state index contributed by atoms with van der Waals surface area (Å²) in [5.74, 6) is -0.795. The van der Waals surface area contributed by atoms with E-state index in [2.05, 4.69) is 15.3 Å². The second-order valence-corrected chi connectivity index (χ2v) is 7.52. The van der Waals surface area contributed by atoms with Crippen LogP contribution >= 0.6 is 0 Å². The molecule has 8 heteroatoms. The first-order chi connectivity index (χ1) is 15.5. The van der Waals surface area contributed by atoms with Gasteiger partial charge in [0.2, 0.25) is 5.78 Å². The molecule has 0 atom stereocenters. The fraction of sp³-hybridized carbons (Fsp3) is 0.250. The molecule has 32 heavy (non-hydrogen) atoms. The van der Waals surface area contributed by atoms with Gasteiger partial charge in [-0.25, -0.2) is 9.78 Å². The number of nitrogens with one attached hydrogen (secondary N) is 2. The number of rotatable bonds is 6. The highest BCUT2D eigenvalue weighted by molar-refractivity contribution is 6.36. The third kappa shape index (κ3) is 4.69. The van der Waals surface area contributed by atoms with Crippen LogP contribution in [0.3, 0.4) is 0 Å². The van der Waals surface area contributed by atoms with Crippen LogP contribution in [0.2, 0.25) is 0 Å². The molecule has 2 N–H and O–H groups in total. The average molecular weight is 432 g/mol. The van der Waals surface area contributed by atoms with Crippen molar-refractivity contribution in [3.63, 3.8) is 0 Å². The Labute approximate surface area is 185 Å². The molecule has 0 aliphatic carbocycles. The van der Waals surface area contributed by atoms with Crippen molar-refractivity contribution in [2.45, 2.75) is 26.4 Å². The number of aromatic nitrogens is 2. The second-order valence-electron chi connectivity index (χ2n) is 7.52. The molecular weight excluding hydrogens is 408 g/mol. The van der Waals surface area contributed by atoms with Crippen LogP contribution in [-0.2, 0) is 20.9 Å². The number of benzene rings is 1. The highest BCUT2D eigenvalue weighted by Crippen LogP contribution is 2.30. The van der Waals surface area contributed by atoms with Crippen molar-refractivity contribution < 1.29 is 19.1 Å². The Morgan fingerprint density at radius 2 is 2.03 bits per heavy atom.